The Labute approximate surface area is 170 Å². The molecule has 29 heavy (non-hydrogen) atoms. The Kier molecular flexibility index (Phi) is 7.59. The summed E-state index contributed by atoms with van der Waals surface area (Å²) in [5.41, 5.74) is 1.05. The maximum atomic E-state index is 12.5. The average Bonchev–Trinajstić information content (AvgIpc) is 2.68. The predicted molar refractivity (Wildman–Crippen MR) is 111 cm³/mol. The quantitative estimate of drug-likeness (QED) is 0.401. The zero-order valence-electron chi connectivity index (χ0n) is 16.9. The summed E-state index contributed by atoms with van der Waals surface area (Å²) in [4.78, 5) is 12.5. The monoisotopic (exact) mass is 397 g/mol. The zero-order valence-corrected chi connectivity index (χ0v) is 16.9. The van der Waals surface area contributed by atoms with E-state index in [2.05, 4.69) is 10.6 Å². The van der Waals surface area contributed by atoms with E-state index in [0.29, 0.717) is 23.4 Å². The van der Waals surface area contributed by atoms with Gasteiger partial charge in [0.05, 0.1) is 24.3 Å². The SMILES string of the molecule is CC(C)(C)NCC(O)c1ccc(O)c(NC(=O)c2ccc(OCCC#N)cc2)c1. The first kappa shape index (κ1) is 22.2. The van der Waals surface area contributed by atoms with Gasteiger partial charge in [0.15, 0.2) is 0 Å². The van der Waals surface area contributed by atoms with E-state index >= 15 is 0 Å². The van der Waals surface area contributed by atoms with Gasteiger partial charge in [-0.15, -0.1) is 0 Å². The number of aliphatic hydroxyl groups is 1. The minimum atomic E-state index is -0.782. The third kappa shape index (κ3) is 7.11. The van der Waals surface area contributed by atoms with Gasteiger partial charge in [-0.2, -0.15) is 5.26 Å². The van der Waals surface area contributed by atoms with Crippen LogP contribution in [0, 0.1) is 11.3 Å². The third-order valence-corrected chi connectivity index (χ3v) is 4.08. The van der Waals surface area contributed by atoms with Crippen LogP contribution in [0.15, 0.2) is 42.5 Å². The van der Waals surface area contributed by atoms with Crippen molar-refractivity contribution in [3.8, 4) is 17.6 Å². The number of ether oxygens (including phenoxy) is 1. The number of β-amino-alcohol motifs (C(OH)–C–C–N with tert-alkyl or cyclic N) is 1. The molecule has 1 amide bonds. The van der Waals surface area contributed by atoms with Gasteiger partial charge in [0.25, 0.3) is 5.91 Å². The van der Waals surface area contributed by atoms with E-state index < -0.39 is 12.0 Å². The van der Waals surface area contributed by atoms with Crippen LogP contribution in [0.1, 0.15) is 49.2 Å². The Bertz CT molecular complexity index is 867. The highest BCUT2D eigenvalue weighted by molar-refractivity contribution is 6.05. The molecule has 2 rings (SSSR count). The van der Waals surface area contributed by atoms with Crippen molar-refractivity contribution >= 4 is 11.6 Å². The van der Waals surface area contributed by atoms with Crippen LogP contribution in [-0.4, -0.2) is 34.8 Å². The summed E-state index contributed by atoms with van der Waals surface area (Å²) in [6, 6.07) is 13.1. The second-order valence-corrected chi connectivity index (χ2v) is 7.66. The lowest BCUT2D eigenvalue weighted by Crippen LogP contribution is -2.38. The standard InChI is InChI=1S/C22H27N3O4/c1-22(2,3)24-14-20(27)16-7-10-19(26)18(13-16)25-21(28)15-5-8-17(9-6-15)29-12-4-11-23/h5-10,13,20,24,26-27H,4,12,14H2,1-3H3,(H,25,28). The van der Waals surface area contributed by atoms with Gasteiger partial charge in [0, 0.05) is 17.6 Å². The molecule has 7 nitrogen and oxygen atoms in total. The lowest BCUT2D eigenvalue weighted by Gasteiger charge is -2.23. The van der Waals surface area contributed by atoms with Gasteiger partial charge in [-0.1, -0.05) is 6.07 Å². The van der Waals surface area contributed by atoms with E-state index in [9.17, 15) is 15.0 Å². The number of phenolic OH excluding ortho intramolecular Hbond substituents is 1. The van der Waals surface area contributed by atoms with Crippen molar-refractivity contribution in [1.29, 1.82) is 5.26 Å². The normalized spacial score (nSPS) is 12.1. The molecule has 0 spiro atoms. The number of aromatic hydroxyl groups is 1. The highest BCUT2D eigenvalue weighted by Gasteiger charge is 2.16. The van der Waals surface area contributed by atoms with Crippen molar-refractivity contribution in [1.82, 2.24) is 5.32 Å². The van der Waals surface area contributed by atoms with Crippen LogP contribution in [0.5, 0.6) is 11.5 Å². The van der Waals surface area contributed by atoms with Crippen LogP contribution in [0.3, 0.4) is 0 Å². The summed E-state index contributed by atoms with van der Waals surface area (Å²) in [7, 11) is 0. The van der Waals surface area contributed by atoms with Crippen molar-refractivity contribution in [2.75, 3.05) is 18.5 Å². The molecule has 0 saturated carbocycles. The second kappa shape index (κ2) is 9.92. The molecule has 0 aromatic heterocycles. The van der Waals surface area contributed by atoms with Gasteiger partial charge in [-0.25, -0.2) is 0 Å². The van der Waals surface area contributed by atoms with E-state index in [1.54, 1.807) is 36.4 Å². The lowest BCUT2D eigenvalue weighted by molar-refractivity contribution is 0.102. The second-order valence-electron chi connectivity index (χ2n) is 7.66. The minimum absolute atomic E-state index is 0.0884. The molecule has 0 radical (unpaired) electrons. The Morgan fingerprint density at radius 3 is 2.52 bits per heavy atom. The number of benzene rings is 2. The lowest BCUT2D eigenvalue weighted by atomic mass is 10.0. The molecule has 0 aliphatic carbocycles. The largest absolute Gasteiger partial charge is 0.506 e. The van der Waals surface area contributed by atoms with E-state index in [1.165, 1.54) is 6.07 Å². The maximum Gasteiger partial charge on any atom is 0.255 e. The van der Waals surface area contributed by atoms with Crippen molar-refractivity contribution in [2.24, 2.45) is 0 Å². The van der Waals surface area contributed by atoms with E-state index in [1.807, 2.05) is 26.8 Å². The Balaban J connectivity index is 2.05. The van der Waals surface area contributed by atoms with E-state index in [0.717, 1.165) is 0 Å². The van der Waals surface area contributed by atoms with Gasteiger partial charge in [0.1, 0.15) is 18.1 Å². The number of rotatable bonds is 8. The van der Waals surface area contributed by atoms with E-state index in [-0.39, 0.29) is 30.0 Å². The smallest absolute Gasteiger partial charge is 0.255 e. The molecule has 1 atom stereocenters. The van der Waals surface area contributed by atoms with Gasteiger partial charge in [-0.3, -0.25) is 4.79 Å². The molecule has 0 aliphatic heterocycles. The fourth-order valence-electron chi connectivity index (χ4n) is 2.49. The molecule has 0 aliphatic rings. The number of amides is 1. The molecular weight excluding hydrogens is 370 g/mol. The Morgan fingerprint density at radius 1 is 1.21 bits per heavy atom. The predicted octanol–water partition coefficient (Wildman–Crippen LogP) is 3.36. The van der Waals surface area contributed by atoms with Crippen LogP contribution in [0.25, 0.3) is 0 Å². The highest BCUT2D eigenvalue weighted by atomic mass is 16.5. The number of carbonyl (C=O) groups excluding carboxylic acids is 1. The average molecular weight is 397 g/mol. The van der Waals surface area contributed by atoms with Crippen molar-refractivity contribution in [2.45, 2.75) is 38.8 Å². The first-order chi connectivity index (χ1) is 13.7. The summed E-state index contributed by atoms with van der Waals surface area (Å²) < 4.78 is 5.38. The summed E-state index contributed by atoms with van der Waals surface area (Å²) in [5.74, 6) is 0.0778. The topological polar surface area (TPSA) is 115 Å². The maximum absolute atomic E-state index is 12.5. The number of nitrogens with zero attached hydrogens (tertiary/aromatic N) is 1. The first-order valence-electron chi connectivity index (χ1n) is 9.37. The number of nitrogens with one attached hydrogen (secondary N) is 2. The van der Waals surface area contributed by atoms with Crippen molar-refractivity contribution in [3.63, 3.8) is 0 Å². The number of nitriles is 1. The fraction of sp³-hybridized carbons (Fsp3) is 0.364. The molecule has 154 valence electrons. The molecular formula is C22H27N3O4. The minimum Gasteiger partial charge on any atom is -0.506 e. The molecule has 7 heteroatoms. The Morgan fingerprint density at radius 2 is 1.90 bits per heavy atom. The molecule has 2 aromatic carbocycles. The zero-order chi connectivity index (χ0) is 21.4. The molecule has 0 bridgehead atoms. The van der Waals surface area contributed by atoms with Gasteiger partial charge < -0.3 is 25.6 Å². The molecule has 0 saturated heterocycles. The van der Waals surface area contributed by atoms with Gasteiger partial charge >= 0.3 is 0 Å². The molecule has 2 aromatic rings. The summed E-state index contributed by atoms with van der Waals surface area (Å²) in [6.45, 7) is 6.64. The molecule has 0 heterocycles. The molecule has 4 N–H and O–H groups in total. The van der Waals surface area contributed by atoms with E-state index in [4.69, 9.17) is 10.00 Å². The number of carbonyl (C=O) groups is 1. The van der Waals surface area contributed by atoms with Crippen LogP contribution < -0.4 is 15.4 Å². The highest BCUT2D eigenvalue weighted by Crippen LogP contribution is 2.28. The van der Waals surface area contributed by atoms with Crippen LogP contribution in [-0.2, 0) is 0 Å². The summed E-state index contributed by atoms with van der Waals surface area (Å²) in [5, 5.41) is 34.9. The first-order valence-corrected chi connectivity index (χ1v) is 9.37. The Hall–Kier alpha value is -3.08. The number of aliphatic hydroxyl groups excluding tert-OH is 1. The number of phenols is 1. The third-order valence-electron chi connectivity index (χ3n) is 4.08. The number of anilines is 1. The van der Waals surface area contributed by atoms with Crippen molar-refractivity contribution < 1.29 is 19.7 Å². The fourth-order valence-corrected chi connectivity index (χ4v) is 2.49. The van der Waals surface area contributed by atoms with Gasteiger partial charge in [-0.05, 0) is 62.7 Å². The van der Waals surface area contributed by atoms with Crippen LogP contribution in [0.2, 0.25) is 0 Å². The van der Waals surface area contributed by atoms with Crippen LogP contribution >= 0.6 is 0 Å². The summed E-state index contributed by atoms with van der Waals surface area (Å²) in [6.07, 6.45) is -0.495. The van der Waals surface area contributed by atoms with Gasteiger partial charge in [0.2, 0.25) is 0 Å². The van der Waals surface area contributed by atoms with Crippen LogP contribution in [0.4, 0.5) is 5.69 Å². The molecule has 0 fully saturated rings. The number of hydrogen-bond donors (Lipinski definition) is 4. The number of hydrogen-bond acceptors (Lipinski definition) is 6. The summed E-state index contributed by atoms with van der Waals surface area (Å²) >= 11 is 0. The molecule has 1 unspecified atom stereocenters. The van der Waals surface area contributed by atoms with Crippen molar-refractivity contribution in [3.05, 3.63) is 53.6 Å².